The maximum absolute atomic E-state index is 15.5. The Morgan fingerprint density at radius 3 is 1.09 bits per heavy atom. The lowest BCUT2D eigenvalue weighted by atomic mass is 9.89. The molecule has 0 fully saturated rings. The van der Waals surface area contributed by atoms with Gasteiger partial charge in [0.2, 0.25) is 5.72 Å². The first kappa shape index (κ1) is 67.8. The van der Waals surface area contributed by atoms with E-state index in [1.54, 1.807) is 26.8 Å². The van der Waals surface area contributed by atoms with Crippen LogP contribution in [0.1, 0.15) is 117 Å². The van der Waals surface area contributed by atoms with Crippen molar-refractivity contribution in [3.63, 3.8) is 0 Å². The molecule has 2 unspecified atom stereocenters. The van der Waals surface area contributed by atoms with Crippen LogP contribution in [0.25, 0.3) is 0 Å². The van der Waals surface area contributed by atoms with Gasteiger partial charge >= 0.3 is 56.7 Å². The SMILES string of the molecule is CCCOC(C)[N+](CCC)(CCC)C(C)(OCCC)c1c(OB(Oc2cc(C(F)(F)F)cc(C(F)(F)F)c2)Oc2cc(C(F)(F)F)cc(C(F)(F)F)c2)cc(C(F)(F)F)cc1C(F)(F)F.FC(F)(F)c1c[c-]cc(C(F)(F)F)c1. The number of quaternary nitrogens is 1. The molecule has 0 heterocycles. The van der Waals surface area contributed by atoms with Crippen LogP contribution in [-0.2, 0) is 64.6 Å². The summed E-state index contributed by atoms with van der Waals surface area (Å²) in [6.45, 7) is 8.09. The van der Waals surface area contributed by atoms with Crippen molar-refractivity contribution in [3.8, 4) is 17.2 Å². The Bertz CT molecular complexity index is 2440. The van der Waals surface area contributed by atoms with Gasteiger partial charge in [0.05, 0.1) is 65.2 Å². The van der Waals surface area contributed by atoms with Crippen LogP contribution >= 0.6 is 0 Å². The average molecular weight is 1180 g/mol. The summed E-state index contributed by atoms with van der Waals surface area (Å²) in [4.78, 5) is 0. The van der Waals surface area contributed by atoms with Gasteiger partial charge in [0.15, 0.2) is 6.23 Å². The van der Waals surface area contributed by atoms with Crippen molar-refractivity contribution in [2.75, 3.05) is 26.3 Å². The molecule has 0 N–H and O–H groups in total. The molecule has 0 aliphatic rings. The van der Waals surface area contributed by atoms with Crippen LogP contribution in [0.4, 0.5) is 105 Å². The summed E-state index contributed by atoms with van der Waals surface area (Å²) in [5, 5.41) is 0. The lowest BCUT2D eigenvalue weighted by molar-refractivity contribution is -1.04. The predicted octanol–water partition coefficient (Wildman–Crippen LogP) is 17.9. The molecule has 79 heavy (non-hydrogen) atoms. The van der Waals surface area contributed by atoms with Gasteiger partial charge in [0.25, 0.3) is 0 Å². The van der Waals surface area contributed by atoms with Gasteiger partial charge in [-0.2, -0.15) is 124 Å². The second-order valence-corrected chi connectivity index (χ2v) is 17.3. The largest absolute Gasteiger partial charge is 0.864 e. The first-order chi connectivity index (χ1) is 35.8. The molecular weight excluding hydrogens is 1140 g/mol. The average Bonchev–Trinajstić information content (AvgIpc) is 3.29. The number of benzene rings is 4. The molecule has 4 aromatic carbocycles. The van der Waals surface area contributed by atoms with Crippen LogP contribution < -0.4 is 14.0 Å². The second kappa shape index (κ2) is 25.1. The summed E-state index contributed by atoms with van der Waals surface area (Å²) in [5.41, 5.74) is -19.4. The van der Waals surface area contributed by atoms with E-state index in [0.717, 1.165) is 6.92 Å². The van der Waals surface area contributed by atoms with Gasteiger partial charge < -0.3 is 23.4 Å². The monoisotopic (exact) mass is 1180 g/mol. The van der Waals surface area contributed by atoms with Crippen LogP contribution in [0.5, 0.6) is 17.2 Å². The van der Waals surface area contributed by atoms with Gasteiger partial charge in [0, 0.05) is 13.8 Å². The molecule has 0 spiro atoms. The zero-order valence-corrected chi connectivity index (χ0v) is 41.7. The zero-order chi connectivity index (χ0) is 60.8. The normalized spacial score (nSPS) is 14.5. The molecule has 6 nitrogen and oxygen atoms in total. The van der Waals surface area contributed by atoms with Crippen LogP contribution in [-0.4, -0.2) is 44.3 Å². The van der Waals surface area contributed by atoms with Gasteiger partial charge in [-0.25, -0.2) is 0 Å². The molecule has 4 aromatic rings. The van der Waals surface area contributed by atoms with Crippen molar-refractivity contribution in [2.45, 2.75) is 129 Å². The van der Waals surface area contributed by atoms with E-state index in [2.05, 4.69) is 0 Å². The highest BCUT2D eigenvalue weighted by Crippen LogP contribution is 2.52. The number of nitrogens with zero attached hydrogens (tertiary/aromatic N) is 1. The number of rotatable bonds is 19. The van der Waals surface area contributed by atoms with E-state index in [0.29, 0.717) is 18.6 Å². The summed E-state index contributed by atoms with van der Waals surface area (Å²) >= 11 is 0. The van der Waals surface area contributed by atoms with E-state index in [-0.39, 0.29) is 81.4 Å². The Balaban J connectivity index is 0.00000101. The fraction of sp³-hybridized carbons (Fsp3) is 0.500. The van der Waals surface area contributed by atoms with Crippen molar-refractivity contribution < 1.29 is 133 Å². The molecule has 444 valence electrons. The molecule has 0 aliphatic heterocycles. The topological polar surface area (TPSA) is 46.2 Å². The van der Waals surface area contributed by atoms with E-state index >= 15 is 13.2 Å². The smallest absolute Gasteiger partial charge is 0.490 e. The van der Waals surface area contributed by atoms with Gasteiger partial charge in [-0.15, -0.1) is 6.07 Å². The highest BCUT2D eigenvalue weighted by atomic mass is 19.4. The van der Waals surface area contributed by atoms with Gasteiger partial charge in [-0.3, -0.25) is 4.48 Å². The number of hydrogen-bond acceptors (Lipinski definition) is 5. The van der Waals surface area contributed by atoms with Crippen molar-refractivity contribution in [1.82, 2.24) is 0 Å². The van der Waals surface area contributed by atoms with E-state index in [1.165, 1.54) is 13.8 Å². The molecule has 0 bridgehead atoms. The number of halogens is 24. The van der Waals surface area contributed by atoms with E-state index in [9.17, 15) is 92.2 Å². The van der Waals surface area contributed by atoms with E-state index in [1.807, 2.05) is 0 Å². The first-order valence-electron chi connectivity index (χ1n) is 23.0. The summed E-state index contributed by atoms with van der Waals surface area (Å²) in [6, 6.07) is 0.795. The molecule has 0 aliphatic carbocycles. The van der Waals surface area contributed by atoms with Crippen molar-refractivity contribution >= 4 is 7.32 Å². The maximum Gasteiger partial charge on any atom is 0.864 e. The molecule has 0 saturated heterocycles. The lowest BCUT2D eigenvalue weighted by Crippen LogP contribution is -2.68. The molecular formula is C48H46BF24NO5. The van der Waals surface area contributed by atoms with E-state index < -0.39 is 159 Å². The van der Waals surface area contributed by atoms with Crippen LogP contribution in [0.3, 0.4) is 0 Å². The molecule has 0 amide bonds. The Labute approximate surface area is 435 Å². The van der Waals surface area contributed by atoms with Crippen LogP contribution in [0, 0.1) is 6.07 Å². The summed E-state index contributed by atoms with van der Waals surface area (Å²) in [7, 11) is -3.38. The highest BCUT2D eigenvalue weighted by Gasteiger charge is 2.59. The molecule has 2 atom stereocenters. The number of alkyl halides is 24. The van der Waals surface area contributed by atoms with Crippen molar-refractivity contribution in [2.24, 2.45) is 0 Å². The van der Waals surface area contributed by atoms with Crippen molar-refractivity contribution in [3.05, 3.63) is 123 Å². The van der Waals surface area contributed by atoms with Gasteiger partial charge in [0.1, 0.15) is 17.2 Å². The van der Waals surface area contributed by atoms with Crippen LogP contribution in [0.2, 0.25) is 0 Å². The van der Waals surface area contributed by atoms with Gasteiger partial charge in [-0.05, 0) is 74.2 Å². The number of hydrogen-bond donors (Lipinski definition) is 0. The minimum atomic E-state index is -5.80. The summed E-state index contributed by atoms with van der Waals surface area (Å²) in [5.74, 6) is -4.88. The third-order valence-corrected chi connectivity index (χ3v) is 11.4. The quantitative estimate of drug-likeness (QED) is 0.0308. The van der Waals surface area contributed by atoms with Gasteiger partial charge in [-0.1, -0.05) is 38.8 Å². The molecule has 31 heteroatoms. The number of ether oxygens (including phenoxy) is 2. The Morgan fingerprint density at radius 1 is 0.430 bits per heavy atom. The first-order valence-corrected chi connectivity index (χ1v) is 23.0. The Kier molecular flexibility index (Phi) is 21.6. The molecule has 0 aromatic heterocycles. The minimum absolute atomic E-state index is 0.0154. The van der Waals surface area contributed by atoms with Crippen LogP contribution in [0.15, 0.2) is 66.7 Å². The third-order valence-electron chi connectivity index (χ3n) is 11.4. The second-order valence-electron chi connectivity index (χ2n) is 17.3. The summed E-state index contributed by atoms with van der Waals surface area (Å²) < 4.78 is 356. The lowest BCUT2D eigenvalue weighted by Gasteiger charge is -2.54. The zero-order valence-electron chi connectivity index (χ0n) is 41.7. The third kappa shape index (κ3) is 17.8. The minimum Gasteiger partial charge on any atom is -0.490 e. The predicted molar refractivity (Wildman–Crippen MR) is 232 cm³/mol. The standard InChI is InChI=1S/C40H43BF18NO5.C8H3F6/c1-7-11-60(12-8-2,23(5)61-13-9-3)34(6,62-14-10-4)33-31(40(57,58)59)21-28(39(54,55)56)22-32(33)65-41(63-29-17-24(35(42,43)44)15-25(18-29)36(45,46)47)64-30-19-26(37(48,49)50)16-27(20-30)38(51,52)53;9-7(10,11)5-2-1-3-6(4-5)8(12,13)14/h15-23H,7-14H2,1-6H3;2-4H/q+1;-1. The Hall–Kier alpha value is -5.46. The molecule has 4 rings (SSSR count). The maximum atomic E-state index is 15.5. The van der Waals surface area contributed by atoms with Crippen molar-refractivity contribution in [1.29, 1.82) is 0 Å². The van der Waals surface area contributed by atoms with E-state index in [4.69, 9.17) is 23.4 Å². The highest BCUT2D eigenvalue weighted by molar-refractivity contribution is 6.39. The Morgan fingerprint density at radius 2 is 0.772 bits per heavy atom. The summed E-state index contributed by atoms with van der Waals surface area (Å²) in [6.07, 6.45) is -44.1. The fourth-order valence-corrected chi connectivity index (χ4v) is 7.96. The fourth-order valence-electron chi connectivity index (χ4n) is 7.96. The molecule has 0 saturated carbocycles. The molecule has 0 radical (unpaired) electrons.